The molecule has 1 amide bonds. The van der Waals surface area contributed by atoms with Crippen LogP contribution in [-0.2, 0) is 14.8 Å². The third-order valence-corrected chi connectivity index (χ3v) is 5.81. The van der Waals surface area contributed by atoms with Crippen molar-refractivity contribution < 1.29 is 17.9 Å². The first kappa shape index (κ1) is 19.2. The van der Waals surface area contributed by atoms with Crippen molar-refractivity contribution in [3.05, 3.63) is 53.1 Å². The fourth-order valence-corrected chi connectivity index (χ4v) is 3.39. The van der Waals surface area contributed by atoms with Crippen LogP contribution in [0, 0.1) is 6.92 Å². The summed E-state index contributed by atoms with van der Waals surface area (Å²) in [6.45, 7) is 1.53. The highest BCUT2D eigenvalue weighted by Crippen LogP contribution is 2.21. The smallest absolute Gasteiger partial charge is 0.243 e. The van der Waals surface area contributed by atoms with Crippen LogP contribution in [0.15, 0.2) is 47.4 Å². The Labute approximate surface area is 152 Å². The van der Waals surface area contributed by atoms with Gasteiger partial charge in [0.2, 0.25) is 15.9 Å². The first-order chi connectivity index (χ1) is 11.7. The lowest BCUT2D eigenvalue weighted by Gasteiger charge is -2.17. The van der Waals surface area contributed by atoms with Gasteiger partial charge in [-0.15, -0.1) is 0 Å². The van der Waals surface area contributed by atoms with Crippen molar-refractivity contribution in [1.82, 2.24) is 4.31 Å². The number of carbonyl (C=O) groups is 1. The van der Waals surface area contributed by atoms with Crippen LogP contribution in [0.5, 0.6) is 5.75 Å². The molecule has 134 valence electrons. The average Bonchev–Trinajstić information content (AvgIpc) is 2.58. The molecule has 0 saturated heterocycles. The first-order valence-corrected chi connectivity index (χ1v) is 9.22. The van der Waals surface area contributed by atoms with Gasteiger partial charge in [0.15, 0.2) is 0 Å². The molecule has 8 heteroatoms. The molecule has 1 N–H and O–H groups in total. The molecule has 25 heavy (non-hydrogen) atoms. The summed E-state index contributed by atoms with van der Waals surface area (Å²) >= 11 is 6.01. The second-order valence-electron chi connectivity index (χ2n) is 5.45. The number of carbonyl (C=O) groups excluding carboxylic acids is 1. The molecule has 2 aromatic rings. The molecule has 2 aromatic carbocycles. The number of aryl methyl sites for hydroxylation is 1. The fourth-order valence-electron chi connectivity index (χ4n) is 2.09. The zero-order chi connectivity index (χ0) is 18.6. The van der Waals surface area contributed by atoms with E-state index < -0.39 is 15.9 Å². The second-order valence-corrected chi connectivity index (χ2v) is 7.90. The fraction of sp³-hybridized carbons (Fsp3) is 0.235. The molecule has 0 aliphatic heterocycles. The molecule has 0 atom stereocenters. The van der Waals surface area contributed by atoms with Crippen molar-refractivity contribution in [2.75, 3.05) is 26.0 Å². The topological polar surface area (TPSA) is 75.7 Å². The number of methoxy groups -OCH3 is 1. The Bertz CT molecular complexity index is 867. The number of likely N-dealkylation sites (N-methyl/N-ethyl adjacent to an activating group) is 1. The number of anilines is 1. The molecule has 0 aliphatic carbocycles. The van der Waals surface area contributed by atoms with E-state index in [0.717, 1.165) is 9.87 Å². The van der Waals surface area contributed by atoms with E-state index in [9.17, 15) is 13.2 Å². The molecule has 0 spiro atoms. The Morgan fingerprint density at radius 2 is 1.84 bits per heavy atom. The van der Waals surface area contributed by atoms with Gasteiger partial charge >= 0.3 is 0 Å². The lowest BCUT2D eigenvalue weighted by atomic mass is 10.2. The van der Waals surface area contributed by atoms with E-state index in [-0.39, 0.29) is 11.4 Å². The highest BCUT2D eigenvalue weighted by Gasteiger charge is 2.23. The van der Waals surface area contributed by atoms with E-state index >= 15 is 0 Å². The summed E-state index contributed by atoms with van der Waals surface area (Å²) in [5.41, 5.74) is 1.40. The predicted octanol–water partition coefficient (Wildman–Crippen LogP) is 2.92. The quantitative estimate of drug-likeness (QED) is 0.833. The lowest BCUT2D eigenvalue weighted by molar-refractivity contribution is -0.116. The number of amides is 1. The van der Waals surface area contributed by atoms with Gasteiger partial charge in [0.05, 0.1) is 18.6 Å². The maximum Gasteiger partial charge on any atom is 0.243 e. The normalized spacial score (nSPS) is 11.4. The van der Waals surface area contributed by atoms with Crippen LogP contribution in [0.2, 0.25) is 5.02 Å². The molecular formula is C17H19ClN2O4S. The Kier molecular flexibility index (Phi) is 6.05. The van der Waals surface area contributed by atoms with Gasteiger partial charge in [-0.1, -0.05) is 17.7 Å². The standard InChI is InChI=1S/C17H19ClN2O4S/c1-12-4-5-13(10-16(12)18)19-17(21)11-20(2)25(22,23)15-8-6-14(24-3)7-9-15/h4-10H,11H2,1-3H3,(H,19,21). The van der Waals surface area contributed by atoms with Crippen molar-refractivity contribution >= 4 is 33.2 Å². The molecule has 0 heterocycles. The lowest BCUT2D eigenvalue weighted by Crippen LogP contribution is -2.34. The number of benzene rings is 2. The average molecular weight is 383 g/mol. The first-order valence-electron chi connectivity index (χ1n) is 7.40. The van der Waals surface area contributed by atoms with Crippen LogP contribution in [0.4, 0.5) is 5.69 Å². The summed E-state index contributed by atoms with van der Waals surface area (Å²) in [5, 5.41) is 3.16. The summed E-state index contributed by atoms with van der Waals surface area (Å²) in [7, 11) is -0.930. The van der Waals surface area contributed by atoms with Gasteiger partial charge in [0, 0.05) is 17.8 Å². The van der Waals surface area contributed by atoms with E-state index in [1.807, 2.05) is 6.92 Å². The molecule has 2 rings (SSSR count). The third-order valence-electron chi connectivity index (χ3n) is 3.59. The molecule has 0 aliphatic rings. The molecule has 0 unspecified atom stereocenters. The molecule has 0 saturated carbocycles. The number of hydrogen-bond acceptors (Lipinski definition) is 4. The summed E-state index contributed by atoms with van der Waals surface area (Å²) in [5.74, 6) is 0.0927. The van der Waals surface area contributed by atoms with Crippen LogP contribution in [-0.4, -0.2) is 39.3 Å². The summed E-state index contributed by atoms with van der Waals surface area (Å²) in [6.07, 6.45) is 0. The van der Waals surface area contributed by atoms with Gasteiger partial charge < -0.3 is 10.1 Å². The van der Waals surface area contributed by atoms with Gasteiger partial charge in [-0.3, -0.25) is 4.79 Å². The van der Waals surface area contributed by atoms with E-state index in [1.165, 1.54) is 26.3 Å². The van der Waals surface area contributed by atoms with Crippen LogP contribution < -0.4 is 10.1 Å². The molecule has 6 nitrogen and oxygen atoms in total. The zero-order valence-electron chi connectivity index (χ0n) is 14.1. The maximum atomic E-state index is 12.5. The van der Waals surface area contributed by atoms with Crippen LogP contribution in [0.1, 0.15) is 5.56 Å². The van der Waals surface area contributed by atoms with Crippen LogP contribution in [0.3, 0.4) is 0 Å². The van der Waals surface area contributed by atoms with Crippen molar-refractivity contribution in [1.29, 1.82) is 0 Å². The van der Waals surface area contributed by atoms with Crippen LogP contribution in [0.25, 0.3) is 0 Å². The Hall–Kier alpha value is -2.09. The highest BCUT2D eigenvalue weighted by atomic mass is 35.5. The zero-order valence-corrected chi connectivity index (χ0v) is 15.7. The van der Waals surface area contributed by atoms with Crippen molar-refractivity contribution in [2.45, 2.75) is 11.8 Å². The van der Waals surface area contributed by atoms with Gasteiger partial charge in [-0.05, 0) is 48.9 Å². The molecule has 0 fully saturated rings. The number of rotatable bonds is 6. The minimum absolute atomic E-state index is 0.0852. The summed E-state index contributed by atoms with van der Waals surface area (Å²) in [4.78, 5) is 12.2. The van der Waals surface area contributed by atoms with E-state index in [2.05, 4.69) is 5.32 Å². The van der Waals surface area contributed by atoms with Gasteiger partial charge in [0.25, 0.3) is 0 Å². The third kappa shape index (κ3) is 4.72. The van der Waals surface area contributed by atoms with Crippen molar-refractivity contribution in [2.24, 2.45) is 0 Å². The Morgan fingerprint density at radius 1 is 1.20 bits per heavy atom. The number of nitrogens with zero attached hydrogens (tertiary/aromatic N) is 1. The number of halogens is 1. The van der Waals surface area contributed by atoms with Gasteiger partial charge in [-0.25, -0.2) is 8.42 Å². The van der Waals surface area contributed by atoms with E-state index in [0.29, 0.717) is 16.5 Å². The monoisotopic (exact) mass is 382 g/mol. The van der Waals surface area contributed by atoms with E-state index in [1.54, 1.807) is 30.3 Å². The number of ether oxygens (including phenoxy) is 1. The minimum atomic E-state index is -3.78. The Balaban J connectivity index is 2.07. The SMILES string of the molecule is COc1ccc(S(=O)(=O)N(C)CC(=O)Nc2ccc(C)c(Cl)c2)cc1. The van der Waals surface area contributed by atoms with Crippen LogP contribution >= 0.6 is 11.6 Å². The molecule has 0 bridgehead atoms. The molecule has 0 aromatic heterocycles. The minimum Gasteiger partial charge on any atom is -0.497 e. The molecule has 0 radical (unpaired) electrons. The maximum absolute atomic E-state index is 12.5. The van der Waals surface area contributed by atoms with Gasteiger partial charge in [-0.2, -0.15) is 4.31 Å². The van der Waals surface area contributed by atoms with Crippen molar-refractivity contribution in [3.8, 4) is 5.75 Å². The van der Waals surface area contributed by atoms with Crippen molar-refractivity contribution in [3.63, 3.8) is 0 Å². The number of nitrogens with one attached hydrogen (secondary N) is 1. The summed E-state index contributed by atoms with van der Waals surface area (Å²) in [6, 6.07) is 11.1. The highest BCUT2D eigenvalue weighted by molar-refractivity contribution is 7.89. The number of sulfonamides is 1. The second kappa shape index (κ2) is 7.86. The number of hydrogen-bond donors (Lipinski definition) is 1. The largest absolute Gasteiger partial charge is 0.497 e. The summed E-state index contributed by atoms with van der Waals surface area (Å²) < 4.78 is 31.0. The predicted molar refractivity (Wildman–Crippen MR) is 97.6 cm³/mol. The molecular weight excluding hydrogens is 364 g/mol. The van der Waals surface area contributed by atoms with Gasteiger partial charge in [0.1, 0.15) is 5.75 Å². The Morgan fingerprint density at radius 3 is 2.40 bits per heavy atom. The van der Waals surface area contributed by atoms with E-state index in [4.69, 9.17) is 16.3 Å².